The van der Waals surface area contributed by atoms with Crippen molar-refractivity contribution < 1.29 is 9.69 Å². The van der Waals surface area contributed by atoms with E-state index in [1.807, 2.05) is 19.1 Å². The molecule has 0 heterocycles. The van der Waals surface area contributed by atoms with Crippen LogP contribution in [0.3, 0.4) is 0 Å². The van der Waals surface area contributed by atoms with Gasteiger partial charge in [-0.3, -0.25) is 4.79 Å². The lowest BCUT2D eigenvalue weighted by Crippen LogP contribution is -3.08. The molecule has 0 aliphatic rings. The molecule has 0 saturated carbocycles. The first-order chi connectivity index (χ1) is 10.9. The molecule has 0 bridgehead atoms. The molecule has 2 aromatic rings. The molecule has 0 fully saturated rings. The molecular formula is C20H27N2O+. The molecule has 1 atom stereocenters. The van der Waals surface area contributed by atoms with Crippen LogP contribution >= 0.6 is 0 Å². The van der Waals surface area contributed by atoms with E-state index >= 15 is 0 Å². The highest BCUT2D eigenvalue weighted by molar-refractivity contribution is 5.92. The van der Waals surface area contributed by atoms with E-state index in [2.05, 4.69) is 57.4 Å². The Kier molecular flexibility index (Phi) is 5.56. The third kappa shape index (κ3) is 4.67. The van der Waals surface area contributed by atoms with Crippen LogP contribution in [0.1, 0.15) is 27.8 Å². The molecule has 0 aromatic heterocycles. The third-order valence-electron chi connectivity index (χ3n) is 4.33. The Bertz CT molecular complexity index is 707. The predicted molar refractivity (Wildman–Crippen MR) is 95.9 cm³/mol. The van der Waals surface area contributed by atoms with E-state index in [4.69, 9.17) is 0 Å². The third-order valence-corrected chi connectivity index (χ3v) is 4.33. The summed E-state index contributed by atoms with van der Waals surface area (Å²) >= 11 is 0. The predicted octanol–water partition coefficient (Wildman–Crippen LogP) is 2.57. The Balaban J connectivity index is 1.95. The second-order valence-corrected chi connectivity index (χ2v) is 6.54. The van der Waals surface area contributed by atoms with Gasteiger partial charge in [0.25, 0.3) is 5.91 Å². The fourth-order valence-corrected chi connectivity index (χ4v) is 2.79. The summed E-state index contributed by atoms with van der Waals surface area (Å²) in [5.41, 5.74) is 7.10. The van der Waals surface area contributed by atoms with Crippen LogP contribution in [0.25, 0.3) is 0 Å². The molecule has 23 heavy (non-hydrogen) atoms. The Morgan fingerprint density at radius 1 is 1.04 bits per heavy atom. The maximum absolute atomic E-state index is 12.3. The summed E-state index contributed by atoms with van der Waals surface area (Å²) in [4.78, 5) is 13.5. The van der Waals surface area contributed by atoms with Crippen molar-refractivity contribution in [2.45, 2.75) is 34.2 Å². The smallest absolute Gasteiger partial charge is 0.279 e. The van der Waals surface area contributed by atoms with Gasteiger partial charge in [-0.2, -0.15) is 0 Å². The molecule has 2 aromatic carbocycles. The van der Waals surface area contributed by atoms with Crippen molar-refractivity contribution >= 4 is 11.6 Å². The van der Waals surface area contributed by atoms with Crippen LogP contribution in [0.5, 0.6) is 0 Å². The molecule has 1 amide bonds. The topological polar surface area (TPSA) is 33.5 Å². The Morgan fingerprint density at radius 3 is 2.48 bits per heavy atom. The number of carbonyl (C=O) groups excluding carboxylic acids is 1. The zero-order valence-corrected chi connectivity index (χ0v) is 14.8. The number of aryl methyl sites for hydroxylation is 3. The highest BCUT2D eigenvalue weighted by Gasteiger charge is 2.13. The second kappa shape index (κ2) is 7.42. The zero-order valence-electron chi connectivity index (χ0n) is 14.8. The van der Waals surface area contributed by atoms with Gasteiger partial charge in [-0.25, -0.2) is 0 Å². The van der Waals surface area contributed by atoms with Gasteiger partial charge in [0, 0.05) is 11.3 Å². The van der Waals surface area contributed by atoms with Crippen LogP contribution in [-0.2, 0) is 11.3 Å². The summed E-state index contributed by atoms with van der Waals surface area (Å²) in [6.07, 6.45) is 0. The van der Waals surface area contributed by atoms with E-state index in [0.29, 0.717) is 6.54 Å². The number of benzene rings is 2. The van der Waals surface area contributed by atoms with Gasteiger partial charge in [0.2, 0.25) is 0 Å². The van der Waals surface area contributed by atoms with Crippen LogP contribution in [0.2, 0.25) is 0 Å². The number of amides is 1. The number of nitrogens with one attached hydrogen (secondary N) is 2. The van der Waals surface area contributed by atoms with Crippen LogP contribution in [0, 0.1) is 27.7 Å². The summed E-state index contributed by atoms with van der Waals surface area (Å²) in [7, 11) is 2.06. The molecule has 3 heteroatoms. The van der Waals surface area contributed by atoms with Crippen molar-refractivity contribution in [3.05, 3.63) is 64.2 Å². The van der Waals surface area contributed by atoms with Crippen LogP contribution in [-0.4, -0.2) is 19.5 Å². The summed E-state index contributed by atoms with van der Waals surface area (Å²) in [6, 6.07) is 12.5. The molecule has 0 saturated heterocycles. The molecule has 0 spiro atoms. The maximum Gasteiger partial charge on any atom is 0.279 e. The fraction of sp³-hybridized carbons (Fsp3) is 0.350. The number of quaternary nitrogens is 1. The zero-order chi connectivity index (χ0) is 17.0. The summed E-state index contributed by atoms with van der Waals surface area (Å²) < 4.78 is 0. The normalized spacial score (nSPS) is 12.0. The first-order valence-electron chi connectivity index (χ1n) is 8.10. The van der Waals surface area contributed by atoms with Crippen molar-refractivity contribution in [1.82, 2.24) is 0 Å². The molecule has 2 rings (SSSR count). The first-order valence-corrected chi connectivity index (χ1v) is 8.10. The number of hydrogen-bond donors (Lipinski definition) is 2. The fourth-order valence-electron chi connectivity index (χ4n) is 2.79. The van der Waals surface area contributed by atoms with E-state index in [9.17, 15) is 4.79 Å². The van der Waals surface area contributed by atoms with Gasteiger partial charge in [0.1, 0.15) is 6.54 Å². The minimum atomic E-state index is 0.0564. The largest absolute Gasteiger partial charge is 0.326 e. The van der Waals surface area contributed by atoms with Crippen molar-refractivity contribution in [3.63, 3.8) is 0 Å². The van der Waals surface area contributed by atoms with Gasteiger partial charge in [0.05, 0.1) is 7.05 Å². The molecular weight excluding hydrogens is 284 g/mol. The first kappa shape index (κ1) is 17.2. The van der Waals surface area contributed by atoms with E-state index in [0.717, 1.165) is 17.8 Å². The summed E-state index contributed by atoms with van der Waals surface area (Å²) in [5, 5.41) is 3.03. The standard InChI is InChI=1S/C20H26N2O/c1-14-9-10-18(16(3)11-14)12-22(5)13-20(23)21-19-8-6-7-15(2)17(19)4/h6-11H,12-13H2,1-5H3,(H,21,23)/p+1. The van der Waals surface area contributed by atoms with Gasteiger partial charge in [-0.05, 0) is 50.5 Å². The number of hydrogen-bond acceptors (Lipinski definition) is 1. The quantitative estimate of drug-likeness (QED) is 0.874. The molecule has 0 radical (unpaired) electrons. The molecule has 1 unspecified atom stereocenters. The average molecular weight is 311 g/mol. The number of rotatable bonds is 5. The van der Waals surface area contributed by atoms with Crippen molar-refractivity contribution in [2.24, 2.45) is 0 Å². The van der Waals surface area contributed by atoms with Crippen molar-refractivity contribution in [3.8, 4) is 0 Å². The maximum atomic E-state index is 12.3. The Labute approximate surface area is 139 Å². The highest BCUT2D eigenvalue weighted by Crippen LogP contribution is 2.17. The van der Waals surface area contributed by atoms with E-state index in [1.54, 1.807) is 0 Å². The Hall–Kier alpha value is -2.13. The van der Waals surface area contributed by atoms with Gasteiger partial charge in [-0.1, -0.05) is 35.9 Å². The van der Waals surface area contributed by atoms with Gasteiger partial charge in [0.15, 0.2) is 6.54 Å². The summed E-state index contributed by atoms with van der Waals surface area (Å²) in [6.45, 7) is 9.64. The average Bonchev–Trinajstić information content (AvgIpc) is 2.47. The second-order valence-electron chi connectivity index (χ2n) is 6.54. The van der Waals surface area contributed by atoms with Gasteiger partial charge < -0.3 is 10.2 Å². The summed E-state index contributed by atoms with van der Waals surface area (Å²) in [5.74, 6) is 0.0564. The van der Waals surface area contributed by atoms with Crippen molar-refractivity contribution in [1.29, 1.82) is 0 Å². The molecule has 122 valence electrons. The highest BCUT2D eigenvalue weighted by atomic mass is 16.2. The monoisotopic (exact) mass is 311 g/mol. The van der Waals surface area contributed by atoms with Gasteiger partial charge in [-0.15, -0.1) is 0 Å². The molecule has 3 nitrogen and oxygen atoms in total. The van der Waals surface area contributed by atoms with E-state index in [-0.39, 0.29) is 5.91 Å². The number of carbonyl (C=O) groups is 1. The molecule has 0 aliphatic carbocycles. The van der Waals surface area contributed by atoms with Crippen LogP contribution in [0.15, 0.2) is 36.4 Å². The number of anilines is 1. The van der Waals surface area contributed by atoms with Crippen molar-refractivity contribution in [2.75, 3.05) is 18.9 Å². The van der Waals surface area contributed by atoms with E-state index in [1.165, 1.54) is 27.2 Å². The van der Waals surface area contributed by atoms with Gasteiger partial charge >= 0.3 is 0 Å². The minimum absolute atomic E-state index is 0.0564. The molecule has 0 aliphatic heterocycles. The minimum Gasteiger partial charge on any atom is -0.326 e. The molecule has 2 N–H and O–H groups in total. The lowest BCUT2D eigenvalue weighted by atomic mass is 10.1. The lowest BCUT2D eigenvalue weighted by molar-refractivity contribution is -0.885. The Morgan fingerprint density at radius 2 is 1.78 bits per heavy atom. The number of likely N-dealkylation sites (N-methyl/N-ethyl adjacent to an activating group) is 1. The van der Waals surface area contributed by atoms with Crippen LogP contribution in [0.4, 0.5) is 5.69 Å². The SMILES string of the molecule is Cc1ccc(C[NH+](C)CC(=O)Nc2cccc(C)c2C)c(C)c1. The van der Waals surface area contributed by atoms with E-state index < -0.39 is 0 Å². The van der Waals surface area contributed by atoms with Crippen LogP contribution < -0.4 is 10.2 Å². The lowest BCUT2D eigenvalue weighted by Gasteiger charge is -2.16.